The first-order valence-corrected chi connectivity index (χ1v) is 8.49. The maximum absolute atomic E-state index is 12.6. The van der Waals surface area contributed by atoms with E-state index in [2.05, 4.69) is 21.2 Å². The number of hydrogen-bond donors (Lipinski definition) is 1. The van der Waals surface area contributed by atoms with Crippen molar-refractivity contribution in [3.05, 3.63) is 46.4 Å². The molecule has 0 fully saturated rings. The van der Waals surface area contributed by atoms with E-state index in [1.807, 2.05) is 19.9 Å². The summed E-state index contributed by atoms with van der Waals surface area (Å²) in [7, 11) is 0. The lowest BCUT2D eigenvalue weighted by Crippen LogP contribution is -2.17. The van der Waals surface area contributed by atoms with E-state index in [9.17, 15) is 4.79 Å². The standard InChI is InChI=1S/C18H18BrNO4/c1-11(2)24-16-9-12(19)3-5-14(16)18(21)20-13-4-6-15-17(10-13)23-8-7-22-15/h3-6,9-11H,7-8H2,1-2H3,(H,20,21). The van der Waals surface area contributed by atoms with Gasteiger partial charge in [-0.3, -0.25) is 4.79 Å². The second-order valence-corrected chi connectivity index (χ2v) is 6.54. The highest BCUT2D eigenvalue weighted by atomic mass is 79.9. The molecule has 2 aromatic carbocycles. The summed E-state index contributed by atoms with van der Waals surface area (Å²) in [6.45, 7) is 4.88. The molecule has 0 unspecified atom stereocenters. The van der Waals surface area contributed by atoms with Gasteiger partial charge in [0.05, 0.1) is 11.7 Å². The van der Waals surface area contributed by atoms with Gasteiger partial charge in [0.2, 0.25) is 0 Å². The summed E-state index contributed by atoms with van der Waals surface area (Å²) >= 11 is 3.40. The van der Waals surface area contributed by atoms with Crippen LogP contribution in [0.15, 0.2) is 40.9 Å². The number of ether oxygens (including phenoxy) is 3. The van der Waals surface area contributed by atoms with Gasteiger partial charge in [-0.2, -0.15) is 0 Å². The van der Waals surface area contributed by atoms with E-state index in [0.29, 0.717) is 41.7 Å². The average Bonchev–Trinajstić information content (AvgIpc) is 2.54. The number of rotatable bonds is 4. The highest BCUT2D eigenvalue weighted by Gasteiger charge is 2.17. The van der Waals surface area contributed by atoms with Gasteiger partial charge in [-0.1, -0.05) is 15.9 Å². The molecule has 1 aliphatic rings. The van der Waals surface area contributed by atoms with Crippen molar-refractivity contribution in [1.29, 1.82) is 0 Å². The smallest absolute Gasteiger partial charge is 0.259 e. The Bertz CT molecular complexity index is 761. The van der Waals surface area contributed by atoms with Gasteiger partial charge in [-0.25, -0.2) is 0 Å². The van der Waals surface area contributed by atoms with Crippen molar-refractivity contribution in [2.75, 3.05) is 18.5 Å². The lowest BCUT2D eigenvalue weighted by Gasteiger charge is -2.19. The number of halogens is 1. The third-order valence-electron chi connectivity index (χ3n) is 3.35. The molecular weight excluding hydrogens is 374 g/mol. The molecule has 1 aliphatic heterocycles. The zero-order chi connectivity index (χ0) is 17.1. The van der Waals surface area contributed by atoms with E-state index in [1.165, 1.54) is 0 Å². The monoisotopic (exact) mass is 391 g/mol. The van der Waals surface area contributed by atoms with Gasteiger partial charge in [0.25, 0.3) is 5.91 Å². The number of fused-ring (bicyclic) bond motifs is 1. The summed E-state index contributed by atoms with van der Waals surface area (Å²) < 4.78 is 17.6. The Labute approximate surface area is 149 Å². The average molecular weight is 392 g/mol. The molecular formula is C18H18BrNO4. The lowest BCUT2D eigenvalue weighted by atomic mass is 10.1. The molecule has 1 amide bonds. The van der Waals surface area contributed by atoms with Crippen molar-refractivity contribution in [1.82, 2.24) is 0 Å². The number of hydrogen-bond acceptors (Lipinski definition) is 4. The van der Waals surface area contributed by atoms with E-state index in [1.54, 1.807) is 30.3 Å². The summed E-state index contributed by atoms with van der Waals surface area (Å²) in [6.07, 6.45) is -0.0276. The molecule has 24 heavy (non-hydrogen) atoms. The quantitative estimate of drug-likeness (QED) is 0.845. The fourth-order valence-corrected chi connectivity index (χ4v) is 2.69. The van der Waals surface area contributed by atoms with Crippen LogP contribution in [0, 0.1) is 0 Å². The van der Waals surface area contributed by atoms with Gasteiger partial charge in [0.15, 0.2) is 11.5 Å². The molecule has 0 bridgehead atoms. The molecule has 0 saturated carbocycles. The predicted octanol–water partition coefficient (Wildman–Crippen LogP) is 4.26. The minimum absolute atomic E-state index is 0.0276. The molecule has 126 valence electrons. The second kappa shape index (κ2) is 7.13. The van der Waals surface area contributed by atoms with Gasteiger partial charge >= 0.3 is 0 Å². The molecule has 1 heterocycles. The van der Waals surface area contributed by atoms with E-state index < -0.39 is 0 Å². The molecule has 6 heteroatoms. The maximum atomic E-state index is 12.6. The van der Waals surface area contributed by atoms with E-state index >= 15 is 0 Å². The molecule has 2 aromatic rings. The fourth-order valence-electron chi connectivity index (χ4n) is 2.35. The number of carbonyl (C=O) groups is 1. The third kappa shape index (κ3) is 3.82. The minimum Gasteiger partial charge on any atom is -0.490 e. The second-order valence-electron chi connectivity index (χ2n) is 5.62. The SMILES string of the molecule is CC(C)Oc1cc(Br)ccc1C(=O)Nc1ccc2c(c1)OCCO2. The Balaban J connectivity index is 1.82. The van der Waals surface area contributed by atoms with E-state index in [0.717, 1.165) is 4.47 Å². The summed E-state index contributed by atoms with van der Waals surface area (Å²) in [6, 6.07) is 10.7. The topological polar surface area (TPSA) is 56.8 Å². The Hall–Kier alpha value is -2.21. The number of benzene rings is 2. The summed E-state index contributed by atoms with van der Waals surface area (Å²) in [5.74, 6) is 1.62. The van der Waals surface area contributed by atoms with Crippen molar-refractivity contribution < 1.29 is 19.0 Å². The molecule has 0 aromatic heterocycles. The summed E-state index contributed by atoms with van der Waals surface area (Å²) in [4.78, 5) is 12.6. The summed E-state index contributed by atoms with van der Waals surface area (Å²) in [5.41, 5.74) is 1.12. The van der Waals surface area contributed by atoms with Crippen molar-refractivity contribution >= 4 is 27.5 Å². The zero-order valence-corrected chi connectivity index (χ0v) is 15.1. The number of nitrogens with one attached hydrogen (secondary N) is 1. The third-order valence-corrected chi connectivity index (χ3v) is 3.84. The fraction of sp³-hybridized carbons (Fsp3) is 0.278. The minimum atomic E-state index is -0.241. The van der Waals surface area contributed by atoms with Crippen LogP contribution in [0.5, 0.6) is 17.2 Å². The van der Waals surface area contributed by atoms with Crippen molar-refractivity contribution in [3.63, 3.8) is 0 Å². The number of carbonyl (C=O) groups excluding carboxylic acids is 1. The Morgan fingerprint density at radius 2 is 1.88 bits per heavy atom. The first-order valence-electron chi connectivity index (χ1n) is 7.70. The number of amides is 1. The van der Waals surface area contributed by atoms with Gasteiger partial charge in [0.1, 0.15) is 19.0 Å². The molecule has 0 radical (unpaired) electrons. The first kappa shape index (κ1) is 16.6. The summed E-state index contributed by atoms with van der Waals surface area (Å²) in [5, 5.41) is 2.87. The van der Waals surface area contributed by atoms with Gasteiger partial charge in [0, 0.05) is 16.2 Å². The van der Waals surface area contributed by atoms with Crippen molar-refractivity contribution in [2.45, 2.75) is 20.0 Å². The molecule has 0 aliphatic carbocycles. The molecule has 1 N–H and O–H groups in total. The predicted molar refractivity (Wildman–Crippen MR) is 95.3 cm³/mol. The van der Waals surface area contributed by atoms with Crippen LogP contribution in [0.3, 0.4) is 0 Å². The normalized spacial score (nSPS) is 12.8. The van der Waals surface area contributed by atoms with Gasteiger partial charge < -0.3 is 19.5 Å². The molecule has 3 rings (SSSR count). The van der Waals surface area contributed by atoms with Crippen LogP contribution in [-0.4, -0.2) is 25.2 Å². The van der Waals surface area contributed by atoms with Crippen LogP contribution < -0.4 is 19.5 Å². The number of anilines is 1. The van der Waals surface area contributed by atoms with Crippen LogP contribution in [0.4, 0.5) is 5.69 Å². The molecule has 0 saturated heterocycles. The molecule has 5 nitrogen and oxygen atoms in total. The van der Waals surface area contributed by atoms with Crippen molar-refractivity contribution in [3.8, 4) is 17.2 Å². The highest BCUT2D eigenvalue weighted by Crippen LogP contribution is 2.33. The molecule has 0 spiro atoms. The Kier molecular flexibility index (Phi) is 4.94. The molecule has 0 atom stereocenters. The van der Waals surface area contributed by atoms with E-state index in [4.69, 9.17) is 14.2 Å². The van der Waals surface area contributed by atoms with E-state index in [-0.39, 0.29) is 12.0 Å². The van der Waals surface area contributed by atoms with Crippen LogP contribution >= 0.6 is 15.9 Å². The Morgan fingerprint density at radius 3 is 2.62 bits per heavy atom. The maximum Gasteiger partial charge on any atom is 0.259 e. The van der Waals surface area contributed by atoms with Crippen LogP contribution in [0.2, 0.25) is 0 Å². The zero-order valence-electron chi connectivity index (χ0n) is 13.5. The van der Waals surface area contributed by atoms with Crippen LogP contribution in [0.25, 0.3) is 0 Å². The Morgan fingerprint density at radius 1 is 1.12 bits per heavy atom. The van der Waals surface area contributed by atoms with Crippen LogP contribution in [-0.2, 0) is 0 Å². The largest absolute Gasteiger partial charge is 0.490 e. The van der Waals surface area contributed by atoms with Gasteiger partial charge in [-0.05, 0) is 44.2 Å². The first-order chi connectivity index (χ1) is 11.5. The van der Waals surface area contributed by atoms with Gasteiger partial charge in [-0.15, -0.1) is 0 Å². The highest BCUT2D eigenvalue weighted by molar-refractivity contribution is 9.10. The van der Waals surface area contributed by atoms with Crippen LogP contribution in [0.1, 0.15) is 24.2 Å². The van der Waals surface area contributed by atoms with Crippen molar-refractivity contribution in [2.24, 2.45) is 0 Å². The lowest BCUT2D eigenvalue weighted by molar-refractivity contribution is 0.102.